The zero-order chi connectivity index (χ0) is 13.7. The van der Waals surface area contributed by atoms with Gasteiger partial charge in [-0.15, -0.1) is 0 Å². The largest absolute Gasteiger partial charge is 0.382 e. The highest BCUT2D eigenvalue weighted by atomic mass is 16.7. The number of hydrogen-bond donors (Lipinski definition) is 2. The Kier molecular flexibility index (Phi) is 3.25. The van der Waals surface area contributed by atoms with Gasteiger partial charge in [-0.3, -0.25) is 0 Å². The topological polar surface area (TPSA) is 77.4 Å². The third-order valence-corrected chi connectivity index (χ3v) is 3.50. The Morgan fingerprint density at radius 3 is 1.06 bits per heavy atom. The lowest BCUT2D eigenvalue weighted by atomic mass is 9.83. The van der Waals surface area contributed by atoms with Gasteiger partial charge in [-0.05, 0) is 27.7 Å². The number of rotatable bonds is 1. The highest BCUT2D eigenvalue weighted by Gasteiger charge is 2.56. The molecule has 106 valence electrons. The molecule has 0 atom stereocenters. The smallest absolute Gasteiger partial charge is 0.163 e. The van der Waals surface area contributed by atoms with Gasteiger partial charge in [-0.1, -0.05) is 0 Å². The van der Waals surface area contributed by atoms with E-state index >= 15 is 0 Å². The fraction of sp³-hybridized carbons (Fsp3) is 1.00. The molecule has 6 nitrogen and oxygen atoms in total. The molecule has 0 bridgehead atoms. The van der Waals surface area contributed by atoms with Gasteiger partial charge in [0.25, 0.3) is 0 Å². The standard InChI is InChI=1S/C12H22O6/c1-9(2)15-5-11(13,6-16-9)12(14)7-17-10(3,4)18-8-12/h13-14H,5-8H2,1-4H3. The van der Waals surface area contributed by atoms with Crippen molar-refractivity contribution in [2.75, 3.05) is 26.4 Å². The number of aliphatic hydroxyl groups is 2. The van der Waals surface area contributed by atoms with Crippen LogP contribution in [0.4, 0.5) is 0 Å². The lowest BCUT2D eigenvalue weighted by Crippen LogP contribution is -2.70. The summed E-state index contributed by atoms with van der Waals surface area (Å²) in [7, 11) is 0. The number of ether oxygens (including phenoxy) is 4. The van der Waals surface area contributed by atoms with Crippen LogP contribution >= 0.6 is 0 Å². The van der Waals surface area contributed by atoms with Crippen molar-refractivity contribution in [1.29, 1.82) is 0 Å². The Morgan fingerprint density at radius 1 is 0.611 bits per heavy atom. The second-order valence-electron chi connectivity index (χ2n) is 6.02. The zero-order valence-electron chi connectivity index (χ0n) is 11.4. The van der Waals surface area contributed by atoms with Crippen LogP contribution in [0.1, 0.15) is 27.7 Å². The summed E-state index contributed by atoms with van der Waals surface area (Å²) in [5.74, 6) is -1.50. The SMILES string of the molecule is CC1(C)OCC(O)(C2(O)COC(C)(C)OC2)CO1. The average molecular weight is 262 g/mol. The lowest BCUT2D eigenvalue weighted by Gasteiger charge is -2.51. The van der Waals surface area contributed by atoms with E-state index in [4.69, 9.17) is 18.9 Å². The molecule has 0 aromatic rings. The van der Waals surface area contributed by atoms with Crippen LogP contribution in [0.3, 0.4) is 0 Å². The highest BCUT2D eigenvalue weighted by molar-refractivity contribution is 5.03. The molecule has 6 heteroatoms. The molecule has 2 aliphatic rings. The summed E-state index contributed by atoms with van der Waals surface area (Å²) in [6.07, 6.45) is 0. The van der Waals surface area contributed by atoms with E-state index in [1.165, 1.54) is 0 Å². The van der Waals surface area contributed by atoms with E-state index in [-0.39, 0.29) is 26.4 Å². The van der Waals surface area contributed by atoms with Gasteiger partial charge in [0.2, 0.25) is 0 Å². The van der Waals surface area contributed by atoms with Crippen molar-refractivity contribution in [3.8, 4) is 0 Å². The number of hydrogen-bond acceptors (Lipinski definition) is 6. The van der Waals surface area contributed by atoms with Crippen LogP contribution < -0.4 is 0 Å². The van der Waals surface area contributed by atoms with Gasteiger partial charge in [0, 0.05) is 0 Å². The Morgan fingerprint density at radius 2 is 0.833 bits per heavy atom. The fourth-order valence-electron chi connectivity index (χ4n) is 1.88. The second kappa shape index (κ2) is 4.13. The molecular weight excluding hydrogens is 240 g/mol. The highest BCUT2D eigenvalue weighted by Crippen LogP contribution is 2.36. The van der Waals surface area contributed by atoms with E-state index in [0.717, 1.165) is 0 Å². The second-order valence-corrected chi connectivity index (χ2v) is 6.02. The summed E-state index contributed by atoms with van der Waals surface area (Å²) >= 11 is 0. The molecule has 18 heavy (non-hydrogen) atoms. The fourth-order valence-corrected chi connectivity index (χ4v) is 1.88. The van der Waals surface area contributed by atoms with Crippen molar-refractivity contribution in [1.82, 2.24) is 0 Å². The monoisotopic (exact) mass is 262 g/mol. The molecule has 0 unspecified atom stereocenters. The van der Waals surface area contributed by atoms with Gasteiger partial charge in [-0.2, -0.15) is 0 Å². The lowest BCUT2D eigenvalue weighted by molar-refractivity contribution is -0.378. The molecule has 0 saturated carbocycles. The van der Waals surface area contributed by atoms with Crippen LogP contribution in [0.2, 0.25) is 0 Å². The van der Waals surface area contributed by atoms with E-state index in [9.17, 15) is 10.2 Å². The molecule has 2 heterocycles. The molecule has 2 saturated heterocycles. The zero-order valence-corrected chi connectivity index (χ0v) is 11.4. The van der Waals surface area contributed by atoms with Crippen LogP contribution in [0.5, 0.6) is 0 Å². The van der Waals surface area contributed by atoms with Crippen LogP contribution in [-0.4, -0.2) is 59.4 Å². The van der Waals surface area contributed by atoms with Crippen LogP contribution in [0.15, 0.2) is 0 Å². The van der Waals surface area contributed by atoms with E-state index < -0.39 is 22.8 Å². The Balaban J connectivity index is 2.07. The first-order valence-electron chi connectivity index (χ1n) is 6.08. The molecule has 2 aliphatic heterocycles. The minimum Gasteiger partial charge on any atom is -0.382 e. The van der Waals surface area contributed by atoms with Gasteiger partial charge in [-0.25, -0.2) is 0 Å². The van der Waals surface area contributed by atoms with Crippen molar-refractivity contribution in [2.45, 2.75) is 50.5 Å². The van der Waals surface area contributed by atoms with E-state index in [2.05, 4.69) is 0 Å². The first kappa shape index (κ1) is 14.2. The summed E-state index contributed by atoms with van der Waals surface area (Å²) < 4.78 is 21.6. The first-order valence-corrected chi connectivity index (χ1v) is 6.08. The molecule has 0 aromatic heterocycles. The Labute approximate surface area is 107 Å². The normalized spacial score (nSPS) is 33.0. The maximum Gasteiger partial charge on any atom is 0.163 e. The predicted octanol–water partition coefficient (Wildman–Crippen LogP) is 0.0144. The van der Waals surface area contributed by atoms with Gasteiger partial charge in [0.1, 0.15) is 11.2 Å². The summed E-state index contributed by atoms with van der Waals surface area (Å²) in [6, 6.07) is 0. The van der Waals surface area contributed by atoms with Gasteiger partial charge in [0.15, 0.2) is 11.6 Å². The molecule has 0 amide bonds. The minimum atomic E-state index is -1.53. The van der Waals surface area contributed by atoms with Gasteiger partial charge >= 0.3 is 0 Å². The minimum absolute atomic E-state index is 0.0242. The maximum absolute atomic E-state index is 10.5. The van der Waals surface area contributed by atoms with E-state index in [0.29, 0.717) is 0 Å². The van der Waals surface area contributed by atoms with Gasteiger partial charge < -0.3 is 29.2 Å². The quantitative estimate of drug-likeness (QED) is 0.693. The molecule has 0 spiro atoms. The van der Waals surface area contributed by atoms with Crippen LogP contribution in [0, 0.1) is 0 Å². The van der Waals surface area contributed by atoms with Crippen molar-refractivity contribution in [3.05, 3.63) is 0 Å². The summed E-state index contributed by atoms with van der Waals surface area (Å²) in [4.78, 5) is 0. The van der Waals surface area contributed by atoms with E-state index in [1.54, 1.807) is 27.7 Å². The molecule has 0 radical (unpaired) electrons. The van der Waals surface area contributed by atoms with Crippen LogP contribution in [0.25, 0.3) is 0 Å². The summed E-state index contributed by atoms with van der Waals surface area (Å²) in [5.41, 5.74) is -3.06. The van der Waals surface area contributed by atoms with Crippen LogP contribution in [-0.2, 0) is 18.9 Å². The average Bonchev–Trinajstić information content (AvgIpc) is 2.27. The molecule has 2 fully saturated rings. The Bertz CT molecular complexity index is 273. The third-order valence-electron chi connectivity index (χ3n) is 3.50. The van der Waals surface area contributed by atoms with Crippen molar-refractivity contribution in [3.63, 3.8) is 0 Å². The van der Waals surface area contributed by atoms with Crippen molar-refractivity contribution in [2.24, 2.45) is 0 Å². The molecular formula is C12H22O6. The maximum atomic E-state index is 10.5. The molecule has 0 aliphatic carbocycles. The third kappa shape index (κ3) is 2.54. The van der Waals surface area contributed by atoms with Crippen molar-refractivity contribution >= 4 is 0 Å². The summed E-state index contributed by atoms with van der Waals surface area (Å²) in [5, 5.41) is 21.0. The molecule has 2 N–H and O–H groups in total. The molecule has 0 aromatic carbocycles. The van der Waals surface area contributed by atoms with E-state index in [1.807, 2.05) is 0 Å². The Hall–Kier alpha value is -0.240. The van der Waals surface area contributed by atoms with Gasteiger partial charge in [0.05, 0.1) is 26.4 Å². The predicted molar refractivity (Wildman–Crippen MR) is 61.9 cm³/mol. The summed E-state index contributed by atoms with van der Waals surface area (Å²) in [6.45, 7) is 6.93. The van der Waals surface area contributed by atoms with Crippen molar-refractivity contribution < 1.29 is 29.2 Å². The molecule has 2 rings (SSSR count). The first-order chi connectivity index (χ1) is 8.08.